The van der Waals surface area contributed by atoms with E-state index in [9.17, 15) is 9.18 Å². The second-order valence-corrected chi connectivity index (χ2v) is 9.69. The highest BCUT2D eigenvalue weighted by Crippen LogP contribution is 2.33. The zero-order valence-electron chi connectivity index (χ0n) is 21.5. The normalized spacial score (nSPS) is 18.9. The Balaban J connectivity index is 1.57. The first-order valence-electron chi connectivity index (χ1n) is 12.4. The monoisotopic (exact) mass is 490 g/mol. The number of carbonyl (C=O) groups excluding carboxylic acids is 1. The summed E-state index contributed by atoms with van der Waals surface area (Å²) in [6.45, 7) is 5.87. The maximum absolute atomic E-state index is 14.0. The van der Waals surface area contributed by atoms with Gasteiger partial charge in [-0.3, -0.25) is 9.69 Å². The number of aryl methyl sites for hydroxylation is 1. The summed E-state index contributed by atoms with van der Waals surface area (Å²) in [6, 6.07) is 21.1. The van der Waals surface area contributed by atoms with Crippen molar-refractivity contribution < 1.29 is 18.7 Å². The lowest BCUT2D eigenvalue weighted by molar-refractivity contribution is -0.127. The lowest BCUT2D eigenvalue weighted by Gasteiger charge is -2.38. The number of nitrogens with one attached hydrogen (secondary N) is 1. The molecule has 0 aliphatic carbocycles. The van der Waals surface area contributed by atoms with E-state index < -0.39 is 0 Å². The molecule has 0 bridgehead atoms. The Morgan fingerprint density at radius 2 is 1.72 bits per heavy atom. The molecule has 3 aromatic carbocycles. The van der Waals surface area contributed by atoms with Crippen LogP contribution in [0.3, 0.4) is 0 Å². The average Bonchev–Trinajstić information content (AvgIpc) is 2.90. The van der Waals surface area contributed by atoms with Crippen LogP contribution in [0.1, 0.15) is 47.6 Å². The minimum atomic E-state index is -0.208. The number of hydrogen-bond acceptors (Lipinski definition) is 4. The Bertz CT molecular complexity index is 1160. The van der Waals surface area contributed by atoms with Crippen LogP contribution >= 0.6 is 0 Å². The van der Waals surface area contributed by atoms with Gasteiger partial charge in [0.2, 0.25) is 5.91 Å². The van der Waals surface area contributed by atoms with Crippen LogP contribution in [0.25, 0.3) is 0 Å². The molecule has 1 fully saturated rings. The van der Waals surface area contributed by atoms with Crippen LogP contribution in [0.15, 0.2) is 66.7 Å². The Kier molecular flexibility index (Phi) is 8.26. The molecule has 1 amide bonds. The zero-order valence-corrected chi connectivity index (χ0v) is 21.5. The Morgan fingerprint density at radius 1 is 1.03 bits per heavy atom. The number of amides is 1. The lowest BCUT2D eigenvalue weighted by Crippen LogP contribution is -2.45. The summed E-state index contributed by atoms with van der Waals surface area (Å²) in [7, 11) is 3.28. The van der Waals surface area contributed by atoms with Gasteiger partial charge in [0, 0.05) is 25.7 Å². The first-order valence-corrected chi connectivity index (χ1v) is 12.4. The summed E-state index contributed by atoms with van der Waals surface area (Å²) in [5.74, 6) is 1.24. The first kappa shape index (κ1) is 25.7. The number of nitrogens with zero attached hydrogens (tertiary/aromatic N) is 1. The van der Waals surface area contributed by atoms with E-state index in [4.69, 9.17) is 9.47 Å². The van der Waals surface area contributed by atoms with E-state index in [1.54, 1.807) is 21.1 Å². The SMILES string of the molecule is COc1cc(CN2C[C@H](C(=O)N[C@H](C)c3ccccc3)C[C@H](c3ccc(F)c(C)c3)C2)cc(OC)c1. The standard InChI is InChI=1S/C30H35FN2O3/c1-20-12-24(10-11-29(20)31)25-15-26(30(34)32-21(2)23-8-6-5-7-9-23)19-33(18-25)17-22-13-27(35-3)16-28(14-22)36-4/h5-14,16,21,25-26H,15,17-19H2,1-4H3,(H,32,34)/t21-,25+,26-/m1/s1. The number of likely N-dealkylation sites (tertiary alicyclic amines) is 1. The van der Waals surface area contributed by atoms with Crippen LogP contribution < -0.4 is 14.8 Å². The molecule has 0 unspecified atom stereocenters. The molecule has 0 radical (unpaired) electrons. The van der Waals surface area contributed by atoms with Crippen molar-refractivity contribution in [1.29, 1.82) is 0 Å². The molecule has 6 heteroatoms. The third-order valence-electron chi connectivity index (χ3n) is 7.03. The summed E-state index contributed by atoms with van der Waals surface area (Å²) in [5, 5.41) is 3.21. The molecule has 1 aliphatic heterocycles. The van der Waals surface area contributed by atoms with Gasteiger partial charge in [-0.15, -0.1) is 0 Å². The summed E-state index contributed by atoms with van der Waals surface area (Å²) < 4.78 is 24.9. The van der Waals surface area contributed by atoms with Crippen molar-refractivity contribution in [2.45, 2.75) is 38.8 Å². The van der Waals surface area contributed by atoms with Crippen molar-refractivity contribution in [3.63, 3.8) is 0 Å². The molecule has 1 saturated heterocycles. The summed E-state index contributed by atoms with van der Waals surface area (Å²) >= 11 is 0. The van der Waals surface area contributed by atoms with Crippen LogP contribution in [0.2, 0.25) is 0 Å². The van der Waals surface area contributed by atoms with Crippen LogP contribution in [0, 0.1) is 18.7 Å². The largest absolute Gasteiger partial charge is 0.497 e. The number of benzene rings is 3. The second-order valence-electron chi connectivity index (χ2n) is 9.69. The van der Waals surface area contributed by atoms with Crippen LogP contribution in [0.4, 0.5) is 4.39 Å². The number of hydrogen-bond donors (Lipinski definition) is 1. The summed E-state index contributed by atoms with van der Waals surface area (Å²) in [4.78, 5) is 15.7. The van der Waals surface area contributed by atoms with Crippen molar-refractivity contribution in [2.24, 2.45) is 5.92 Å². The predicted octanol–water partition coefficient (Wildman–Crippen LogP) is 5.63. The fourth-order valence-electron chi connectivity index (χ4n) is 5.04. The molecule has 190 valence electrons. The smallest absolute Gasteiger partial charge is 0.224 e. The molecule has 36 heavy (non-hydrogen) atoms. The van der Waals surface area contributed by atoms with Gasteiger partial charge in [0.15, 0.2) is 0 Å². The highest BCUT2D eigenvalue weighted by molar-refractivity contribution is 5.79. The van der Waals surface area contributed by atoms with Gasteiger partial charge in [-0.05, 0) is 66.6 Å². The molecular formula is C30H35FN2O3. The van der Waals surface area contributed by atoms with Crippen molar-refractivity contribution >= 4 is 5.91 Å². The van der Waals surface area contributed by atoms with E-state index in [2.05, 4.69) is 10.2 Å². The molecule has 1 N–H and O–H groups in total. The van der Waals surface area contributed by atoms with E-state index in [0.29, 0.717) is 18.7 Å². The quantitative estimate of drug-likeness (QED) is 0.444. The molecule has 4 rings (SSSR count). The van der Waals surface area contributed by atoms with Gasteiger partial charge in [-0.25, -0.2) is 4.39 Å². The van der Waals surface area contributed by atoms with E-state index in [-0.39, 0.29) is 29.6 Å². The minimum Gasteiger partial charge on any atom is -0.497 e. The van der Waals surface area contributed by atoms with Crippen LogP contribution in [-0.4, -0.2) is 38.1 Å². The third kappa shape index (κ3) is 6.24. The van der Waals surface area contributed by atoms with Gasteiger partial charge < -0.3 is 14.8 Å². The van der Waals surface area contributed by atoms with Gasteiger partial charge >= 0.3 is 0 Å². The molecule has 3 aromatic rings. The summed E-state index contributed by atoms with van der Waals surface area (Å²) in [6.07, 6.45) is 0.719. The van der Waals surface area contributed by atoms with E-state index >= 15 is 0 Å². The lowest BCUT2D eigenvalue weighted by atomic mass is 9.83. The third-order valence-corrected chi connectivity index (χ3v) is 7.03. The minimum absolute atomic E-state index is 0.0445. The zero-order chi connectivity index (χ0) is 25.7. The van der Waals surface area contributed by atoms with Crippen molar-refractivity contribution in [1.82, 2.24) is 10.2 Å². The fraction of sp³-hybridized carbons (Fsp3) is 0.367. The van der Waals surface area contributed by atoms with E-state index in [1.165, 1.54) is 6.07 Å². The van der Waals surface area contributed by atoms with Crippen molar-refractivity contribution in [3.8, 4) is 11.5 Å². The number of piperidine rings is 1. The molecule has 0 saturated carbocycles. The molecule has 5 nitrogen and oxygen atoms in total. The molecule has 0 spiro atoms. The Morgan fingerprint density at radius 3 is 2.36 bits per heavy atom. The topological polar surface area (TPSA) is 50.8 Å². The average molecular weight is 491 g/mol. The number of carbonyl (C=O) groups is 1. The van der Waals surface area contributed by atoms with Crippen molar-refractivity contribution in [2.75, 3.05) is 27.3 Å². The molecule has 1 heterocycles. The van der Waals surface area contributed by atoms with Crippen LogP contribution in [-0.2, 0) is 11.3 Å². The molecule has 3 atom stereocenters. The number of rotatable bonds is 8. The van der Waals surface area contributed by atoms with Crippen molar-refractivity contribution in [3.05, 3.63) is 94.8 Å². The number of halogens is 1. The summed E-state index contributed by atoms with van der Waals surface area (Å²) in [5.41, 5.74) is 3.82. The number of ether oxygens (including phenoxy) is 2. The predicted molar refractivity (Wildman–Crippen MR) is 140 cm³/mol. The highest BCUT2D eigenvalue weighted by atomic mass is 19.1. The van der Waals surface area contributed by atoms with E-state index in [0.717, 1.165) is 41.2 Å². The van der Waals surface area contributed by atoms with Crippen LogP contribution in [0.5, 0.6) is 11.5 Å². The molecular weight excluding hydrogens is 455 g/mol. The highest BCUT2D eigenvalue weighted by Gasteiger charge is 2.33. The van der Waals surface area contributed by atoms with Gasteiger partial charge in [0.25, 0.3) is 0 Å². The fourth-order valence-corrected chi connectivity index (χ4v) is 5.04. The second kappa shape index (κ2) is 11.6. The Labute approximate surface area is 213 Å². The molecule has 0 aromatic heterocycles. The molecule has 1 aliphatic rings. The van der Waals surface area contributed by atoms with E-state index in [1.807, 2.05) is 67.6 Å². The van der Waals surface area contributed by atoms with Gasteiger partial charge in [-0.2, -0.15) is 0 Å². The number of methoxy groups -OCH3 is 2. The Hall–Kier alpha value is -3.38. The van der Waals surface area contributed by atoms with Gasteiger partial charge in [0.05, 0.1) is 26.2 Å². The van der Waals surface area contributed by atoms with Gasteiger partial charge in [0.1, 0.15) is 17.3 Å². The maximum atomic E-state index is 14.0. The maximum Gasteiger partial charge on any atom is 0.224 e. The first-order chi connectivity index (χ1) is 17.4. The van der Waals surface area contributed by atoms with Gasteiger partial charge in [-0.1, -0.05) is 42.5 Å².